The van der Waals surface area contributed by atoms with Gasteiger partial charge in [-0.05, 0) is 35.8 Å². The highest BCUT2D eigenvalue weighted by Gasteiger charge is 2.16. The van der Waals surface area contributed by atoms with E-state index in [4.69, 9.17) is 0 Å². The van der Waals surface area contributed by atoms with E-state index < -0.39 is 0 Å². The maximum absolute atomic E-state index is 4.67. The lowest BCUT2D eigenvalue weighted by Gasteiger charge is -2.22. The summed E-state index contributed by atoms with van der Waals surface area (Å²) in [7, 11) is 0. The zero-order valence-corrected chi connectivity index (χ0v) is 15.1. The molecule has 0 saturated carbocycles. The molecule has 0 atom stereocenters. The maximum Gasteiger partial charge on any atom is 0.0767 e. The van der Waals surface area contributed by atoms with Crippen LogP contribution in [0.15, 0.2) is 4.47 Å². The fourth-order valence-electron chi connectivity index (χ4n) is 2.24. The summed E-state index contributed by atoms with van der Waals surface area (Å²) in [5.41, 5.74) is 2.47. The minimum atomic E-state index is 0.549. The summed E-state index contributed by atoms with van der Waals surface area (Å²) in [6, 6.07) is 0.549. The first kappa shape index (κ1) is 17.7. The average Bonchev–Trinajstić information content (AvgIpc) is 2.73. The van der Waals surface area contributed by atoms with E-state index in [1.54, 1.807) is 0 Å². The van der Waals surface area contributed by atoms with E-state index in [2.05, 4.69) is 70.5 Å². The van der Waals surface area contributed by atoms with Gasteiger partial charge in [0.1, 0.15) is 0 Å². The van der Waals surface area contributed by atoms with Gasteiger partial charge in [-0.1, -0.05) is 27.7 Å². The molecule has 1 heterocycles. The van der Waals surface area contributed by atoms with Crippen molar-refractivity contribution in [3.05, 3.63) is 15.9 Å². The summed E-state index contributed by atoms with van der Waals surface area (Å²) in [6.07, 6.45) is 0.974. The zero-order chi connectivity index (χ0) is 15.1. The molecule has 4 nitrogen and oxygen atoms in total. The molecule has 1 N–H and O–H groups in total. The van der Waals surface area contributed by atoms with Crippen LogP contribution in [0.25, 0.3) is 0 Å². The molecule has 0 saturated heterocycles. The van der Waals surface area contributed by atoms with Gasteiger partial charge in [-0.2, -0.15) is 5.10 Å². The molecule has 0 bridgehead atoms. The van der Waals surface area contributed by atoms with E-state index >= 15 is 0 Å². The highest BCUT2D eigenvalue weighted by Crippen LogP contribution is 2.23. The van der Waals surface area contributed by atoms with E-state index in [-0.39, 0.29) is 0 Å². The van der Waals surface area contributed by atoms with Crippen LogP contribution in [-0.4, -0.2) is 40.4 Å². The molecular formula is C15H29BrN4. The van der Waals surface area contributed by atoms with Gasteiger partial charge in [0, 0.05) is 32.2 Å². The quantitative estimate of drug-likeness (QED) is 0.747. The molecule has 1 aromatic heterocycles. The highest BCUT2D eigenvalue weighted by atomic mass is 79.9. The number of nitrogens with zero attached hydrogens (tertiary/aromatic N) is 3. The minimum Gasteiger partial charge on any atom is -0.313 e. The molecule has 0 aliphatic rings. The smallest absolute Gasteiger partial charge is 0.0767 e. The first-order valence-electron chi connectivity index (χ1n) is 7.73. The fourth-order valence-corrected chi connectivity index (χ4v) is 2.93. The Labute approximate surface area is 132 Å². The molecule has 116 valence electrons. The summed E-state index contributed by atoms with van der Waals surface area (Å²) in [4.78, 5) is 2.46. The second kappa shape index (κ2) is 8.80. The van der Waals surface area contributed by atoms with Crippen molar-refractivity contribution in [2.24, 2.45) is 0 Å². The van der Waals surface area contributed by atoms with Gasteiger partial charge in [-0.3, -0.25) is 9.58 Å². The van der Waals surface area contributed by atoms with E-state index in [1.807, 2.05) is 0 Å². The lowest BCUT2D eigenvalue weighted by molar-refractivity contribution is 0.267. The van der Waals surface area contributed by atoms with E-state index in [0.717, 1.165) is 39.1 Å². The van der Waals surface area contributed by atoms with Gasteiger partial charge in [0.2, 0.25) is 0 Å². The average molecular weight is 345 g/mol. The molecular weight excluding hydrogens is 316 g/mol. The summed E-state index contributed by atoms with van der Waals surface area (Å²) in [5.74, 6) is 0. The topological polar surface area (TPSA) is 33.1 Å². The first-order chi connectivity index (χ1) is 9.53. The van der Waals surface area contributed by atoms with Gasteiger partial charge in [-0.15, -0.1) is 0 Å². The van der Waals surface area contributed by atoms with Crippen molar-refractivity contribution in [3.63, 3.8) is 0 Å². The monoisotopic (exact) mass is 344 g/mol. The van der Waals surface area contributed by atoms with Crippen molar-refractivity contribution in [1.82, 2.24) is 20.0 Å². The predicted octanol–water partition coefficient (Wildman–Crippen LogP) is 3.05. The highest BCUT2D eigenvalue weighted by molar-refractivity contribution is 9.10. The second-order valence-electron chi connectivity index (χ2n) is 5.35. The summed E-state index contributed by atoms with van der Waals surface area (Å²) >= 11 is 3.73. The summed E-state index contributed by atoms with van der Waals surface area (Å²) in [6.45, 7) is 15.9. The Kier molecular flexibility index (Phi) is 7.77. The van der Waals surface area contributed by atoms with E-state index in [9.17, 15) is 0 Å². The lowest BCUT2D eigenvalue weighted by Crippen LogP contribution is -2.35. The van der Waals surface area contributed by atoms with Crippen LogP contribution in [0.1, 0.15) is 46.0 Å². The first-order valence-corrected chi connectivity index (χ1v) is 8.52. The zero-order valence-electron chi connectivity index (χ0n) is 13.5. The Bertz CT molecular complexity index is 401. The summed E-state index contributed by atoms with van der Waals surface area (Å²) < 4.78 is 3.32. The van der Waals surface area contributed by atoms with Gasteiger partial charge >= 0.3 is 0 Å². The van der Waals surface area contributed by atoms with Crippen LogP contribution in [0.4, 0.5) is 0 Å². The SMILES string of the molecule is CCc1nn(CC)c(CN(CC)CCNC(C)C)c1Br. The molecule has 0 amide bonds. The largest absolute Gasteiger partial charge is 0.313 e. The number of halogens is 1. The number of hydrogen-bond acceptors (Lipinski definition) is 3. The Balaban J connectivity index is 2.71. The van der Waals surface area contributed by atoms with E-state index in [0.29, 0.717) is 6.04 Å². The van der Waals surface area contributed by atoms with Gasteiger partial charge in [0.25, 0.3) is 0 Å². The summed E-state index contributed by atoms with van der Waals surface area (Å²) in [5, 5.41) is 8.15. The molecule has 5 heteroatoms. The molecule has 1 rings (SSSR count). The van der Waals surface area contributed by atoms with Crippen LogP contribution in [0.3, 0.4) is 0 Å². The van der Waals surface area contributed by atoms with E-state index in [1.165, 1.54) is 15.9 Å². The molecule has 0 aromatic carbocycles. The van der Waals surface area contributed by atoms with Crippen molar-refractivity contribution >= 4 is 15.9 Å². The minimum absolute atomic E-state index is 0.549. The normalized spacial score (nSPS) is 11.8. The molecule has 0 fully saturated rings. The third kappa shape index (κ3) is 4.86. The molecule has 1 aromatic rings. The fraction of sp³-hybridized carbons (Fsp3) is 0.800. The molecule has 0 aliphatic heterocycles. The number of rotatable bonds is 9. The molecule has 0 aliphatic carbocycles. The second-order valence-corrected chi connectivity index (χ2v) is 6.15. The molecule has 20 heavy (non-hydrogen) atoms. The lowest BCUT2D eigenvalue weighted by atomic mass is 10.3. The van der Waals surface area contributed by atoms with Crippen molar-refractivity contribution in [3.8, 4) is 0 Å². The molecule has 0 radical (unpaired) electrons. The predicted molar refractivity (Wildman–Crippen MR) is 89.1 cm³/mol. The van der Waals surface area contributed by atoms with Crippen molar-refractivity contribution in [2.75, 3.05) is 19.6 Å². The van der Waals surface area contributed by atoms with Gasteiger partial charge < -0.3 is 5.32 Å². The molecule has 0 unspecified atom stereocenters. The van der Waals surface area contributed by atoms with Gasteiger partial charge in [0.15, 0.2) is 0 Å². The maximum atomic E-state index is 4.67. The number of hydrogen-bond donors (Lipinski definition) is 1. The number of nitrogens with one attached hydrogen (secondary N) is 1. The number of aryl methyl sites for hydroxylation is 2. The Morgan fingerprint density at radius 3 is 2.50 bits per heavy atom. The molecule has 0 spiro atoms. The Morgan fingerprint density at radius 1 is 1.30 bits per heavy atom. The third-order valence-corrected chi connectivity index (χ3v) is 4.41. The van der Waals surface area contributed by atoms with Crippen LogP contribution in [0.2, 0.25) is 0 Å². The Morgan fingerprint density at radius 2 is 2.00 bits per heavy atom. The van der Waals surface area contributed by atoms with Gasteiger partial charge in [0.05, 0.1) is 15.9 Å². The third-order valence-electron chi connectivity index (χ3n) is 3.50. The Hall–Kier alpha value is -0.390. The number of likely N-dealkylation sites (N-methyl/N-ethyl adjacent to an activating group) is 1. The van der Waals surface area contributed by atoms with Crippen LogP contribution in [0, 0.1) is 0 Å². The van der Waals surface area contributed by atoms with Crippen LogP contribution >= 0.6 is 15.9 Å². The van der Waals surface area contributed by atoms with Crippen molar-refractivity contribution in [2.45, 2.75) is 60.2 Å². The standard InChI is InChI=1S/C15H29BrN4/c1-6-13-15(16)14(20(8-3)18-13)11-19(7-2)10-9-17-12(4)5/h12,17H,6-11H2,1-5H3. The number of aromatic nitrogens is 2. The van der Waals surface area contributed by atoms with Crippen molar-refractivity contribution < 1.29 is 0 Å². The van der Waals surface area contributed by atoms with Crippen LogP contribution < -0.4 is 5.32 Å². The van der Waals surface area contributed by atoms with Crippen molar-refractivity contribution in [1.29, 1.82) is 0 Å². The van der Waals surface area contributed by atoms with Gasteiger partial charge in [-0.25, -0.2) is 0 Å². The van der Waals surface area contributed by atoms with Crippen LogP contribution in [-0.2, 0) is 19.5 Å². The van der Waals surface area contributed by atoms with Crippen LogP contribution in [0.5, 0.6) is 0 Å².